The number of para-hydroxylation sites is 1. The number of aryl methyl sites for hydroxylation is 1. The van der Waals surface area contributed by atoms with Crippen molar-refractivity contribution in [2.75, 3.05) is 19.6 Å². The van der Waals surface area contributed by atoms with Crippen molar-refractivity contribution in [2.24, 2.45) is 0 Å². The van der Waals surface area contributed by atoms with E-state index in [4.69, 9.17) is 11.6 Å². The van der Waals surface area contributed by atoms with Gasteiger partial charge in [0, 0.05) is 35.3 Å². The molecule has 0 aliphatic carbocycles. The van der Waals surface area contributed by atoms with Gasteiger partial charge in [0.15, 0.2) is 0 Å². The Hall–Kier alpha value is -2.24. The molecule has 1 saturated heterocycles. The zero-order chi connectivity index (χ0) is 18.6. The van der Waals surface area contributed by atoms with E-state index >= 15 is 0 Å². The maximum Gasteiger partial charge on any atom is 0.213 e. The number of fused-ring (bicyclic) bond motifs is 1. The lowest BCUT2D eigenvalue weighted by Crippen LogP contribution is -2.31. The van der Waals surface area contributed by atoms with Crippen molar-refractivity contribution < 1.29 is 4.79 Å². The molecule has 3 heterocycles. The molecule has 6 heteroatoms. The molecule has 1 aliphatic heterocycles. The standard InChI is InChI=1S/C21H23ClN4O/c22-20-13-18(23-15-24-20)21(27)17-14-26(19-8-3-2-7-16(17)19)12-6-11-25-9-4-1-5-10-25/h2-3,7-8,13-15H,1,4-6,9-12H2. The van der Waals surface area contributed by atoms with Crippen molar-refractivity contribution in [3.63, 3.8) is 0 Å². The first-order valence-electron chi connectivity index (χ1n) is 9.55. The first-order valence-corrected chi connectivity index (χ1v) is 9.92. The van der Waals surface area contributed by atoms with Gasteiger partial charge in [-0.25, -0.2) is 9.97 Å². The Morgan fingerprint density at radius 1 is 1.07 bits per heavy atom. The highest BCUT2D eigenvalue weighted by atomic mass is 35.5. The molecule has 0 unspecified atom stereocenters. The molecule has 1 fully saturated rings. The summed E-state index contributed by atoms with van der Waals surface area (Å²) >= 11 is 5.93. The number of piperidine rings is 1. The number of ketones is 1. The fourth-order valence-electron chi connectivity index (χ4n) is 3.86. The summed E-state index contributed by atoms with van der Waals surface area (Å²) in [4.78, 5) is 23.5. The zero-order valence-electron chi connectivity index (χ0n) is 15.3. The Morgan fingerprint density at radius 3 is 2.70 bits per heavy atom. The molecule has 5 nitrogen and oxygen atoms in total. The number of aromatic nitrogens is 3. The van der Waals surface area contributed by atoms with Crippen LogP contribution >= 0.6 is 11.6 Å². The third kappa shape index (κ3) is 4.04. The van der Waals surface area contributed by atoms with Crippen LogP contribution in [0, 0.1) is 0 Å². The molecule has 3 aromatic rings. The van der Waals surface area contributed by atoms with E-state index in [0.717, 1.165) is 30.4 Å². The van der Waals surface area contributed by atoms with Gasteiger partial charge in [0.05, 0.1) is 0 Å². The summed E-state index contributed by atoms with van der Waals surface area (Å²) in [5, 5.41) is 1.23. The van der Waals surface area contributed by atoms with Gasteiger partial charge in [-0.2, -0.15) is 0 Å². The number of carbonyl (C=O) groups is 1. The lowest BCUT2D eigenvalue weighted by molar-refractivity contribution is 0.103. The first-order chi connectivity index (χ1) is 13.2. The van der Waals surface area contributed by atoms with E-state index in [2.05, 4.69) is 25.5 Å². The van der Waals surface area contributed by atoms with Crippen molar-refractivity contribution in [3.05, 3.63) is 59.3 Å². The second-order valence-electron chi connectivity index (χ2n) is 7.06. The van der Waals surface area contributed by atoms with Gasteiger partial charge in [-0.05, 0) is 45.0 Å². The summed E-state index contributed by atoms with van der Waals surface area (Å²) in [5.41, 5.74) is 2.07. The normalized spacial score (nSPS) is 15.3. The minimum absolute atomic E-state index is 0.120. The molecule has 0 atom stereocenters. The van der Waals surface area contributed by atoms with Crippen LogP contribution in [0.2, 0.25) is 5.15 Å². The molecule has 0 spiro atoms. The third-order valence-corrected chi connectivity index (χ3v) is 5.43. The lowest BCUT2D eigenvalue weighted by atomic mass is 10.1. The Morgan fingerprint density at radius 2 is 1.89 bits per heavy atom. The van der Waals surface area contributed by atoms with E-state index in [9.17, 15) is 4.79 Å². The summed E-state index contributed by atoms with van der Waals surface area (Å²) in [5.74, 6) is -0.120. The molecular formula is C21H23ClN4O. The number of hydrogen-bond acceptors (Lipinski definition) is 4. The average molecular weight is 383 g/mol. The molecule has 2 aromatic heterocycles. The highest BCUT2D eigenvalue weighted by molar-refractivity contribution is 6.30. The zero-order valence-corrected chi connectivity index (χ0v) is 16.0. The van der Waals surface area contributed by atoms with E-state index in [1.54, 1.807) is 0 Å². The minimum Gasteiger partial charge on any atom is -0.347 e. The molecule has 0 radical (unpaired) electrons. The van der Waals surface area contributed by atoms with E-state index in [1.807, 2.05) is 24.4 Å². The van der Waals surface area contributed by atoms with Crippen LogP contribution in [0.4, 0.5) is 0 Å². The Labute approximate surface area is 164 Å². The Bertz CT molecular complexity index is 946. The van der Waals surface area contributed by atoms with Gasteiger partial charge in [-0.15, -0.1) is 0 Å². The van der Waals surface area contributed by atoms with Crippen molar-refractivity contribution in [1.29, 1.82) is 0 Å². The van der Waals surface area contributed by atoms with Gasteiger partial charge < -0.3 is 9.47 Å². The fraction of sp³-hybridized carbons (Fsp3) is 0.381. The molecule has 1 aromatic carbocycles. The fourth-order valence-corrected chi connectivity index (χ4v) is 4.00. The van der Waals surface area contributed by atoms with Crippen molar-refractivity contribution in [3.8, 4) is 0 Å². The van der Waals surface area contributed by atoms with Crippen LogP contribution < -0.4 is 0 Å². The Balaban J connectivity index is 1.56. The van der Waals surface area contributed by atoms with Crippen molar-refractivity contribution in [1.82, 2.24) is 19.4 Å². The van der Waals surface area contributed by atoms with Crippen molar-refractivity contribution in [2.45, 2.75) is 32.2 Å². The van der Waals surface area contributed by atoms with E-state index in [0.29, 0.717) is 11.3 Å². The molecule has 4 rings (SSSR count). The molecule has 0 N–H and O–H groups in total. The van der Waals surface area contributed by atoms with Crippen LogP contribution in [-0.2, 0) is 6.54 Å². The van der Waals surface area contributed by atoms with E-state index in [1.165, 1.54) is 44.7 Å². The van der Waals surface area contributed by atoms with Gasteiger partial charge >= 0.3 is 0 Å². The predicted octanol–water partition coefficient (Wildman–Crippen LogP) is 4.19. The molecule has 0 saturated carbocycles. The van der Waals surface area contributed by atoms with Gasteiger partial charge in [0.1, 0.15) is 17.2 Å². The number of carbonyl (C=O) groups excluding carboxylic acids is 1. The van der Waals surface area contributed by atoms with Crippen LogP contribution in [0.3, 0.4) is 0 Å². The highest BCUT2D eigenvalue weighted by Crippen LogP contribution is 2.24. The molecule has 27 heavy (non-hydrogen) atoms. The van der Waals surface area contributed by atoms with Gasteiger partial charge in [-0.3, -0.25) is 4.79 Å². The smallest absolute Gasteiger partial charge is 0.213 e. The maximum absolute atomic E-state index is 13.0. The number of likely N-dealkylation sites (tertiary alicyclic amines) is 1. The van der Waals surface area contributed by atoms with Crippen LogP contribution in [0.1, 0.15) is 41.7 Å². The maximum atomic E-state index is 13.0. The molecule has 1 aliphatic rings. The van der Waals surface area contributed by atoms with Crippen LogP contribution in [-0.4, -0.2) is 44.9 Å². The number of benzene rings is 1. The minimum atomic E-state index is -0.120. The quantitative estimate of drug-likeness (QED) is 0.473. The van der Waals surface area contributed by atoms with Gasteiger partial charge in [-0.1, -0.05) is 36.2 Å². The predicted molar refractivity (Wildman–Crippen MR) is 107 cm³/mol. The van der Waals surface area contributed by atoms with Crippen LogP contribution in [0.5, 0.6) is 0 Å². The first kappa shape index (κ1) is 18.1. The molecule has 140 valence electrons. The number of hydrogen-bond donors (Lipinski definition) is 0. The Kier molecular flexibility index (Phi) is 5.50. The number of halogens is 1. The summed E-state index contributed by atoms with van der Waals surface area (Å²) in [6.07, 6.45) is 8.34. The summed E-state index contributed by atoms with van der Waals surface area (Å²) in [7, 11) is 0. The van der Waals surface area contributed by atoms with Crippen LogP contribution in [0.25, 0.3) is 10.9 Å². The number of rotatable bonds is 6. The molecule has 0 bridgehead atoms. The van der Waals surface area contributed by atoms with Gasteiger partial charge in [0.25, 0.3) is 0 Å². The van der Waals surface area contributed by atoms with E-state index in [-0.39, 0.29) is 10.9 Å². The van der Waals surface area contributed by atoms with Gasteiger partial charge in [0.2, 0.25) is 5.78 Å². The van der Waals surface area contributed by atoms with E-state index < -0.39 is 0 Å². The third-order valence-electron chi connectivity index (χ3n) is 5.22. The molecular weight excluding hydrogens is 360 g/mol. The summed E-state index contributed by atoms with van der Waals surface area (Å²) in [6.45, 7) is 4.43. The SMILES string of the molecule is O=C(c1cc(Cl)ncn1)c1cn(CCCN2CCCCC2)c2ccccc12. The monoisotopic (exact) mass is 382 g/mol. The largest absolute Gasteiger partial charge is 0.347 e. The average Bonchev–Trinajstić information content (AvgIpc) is 3.07. The van der Waals surface area contributed by atoms with Crippen molar-refractivity contribution >= 4 is 28.3 Å². The molecule has 0 amide bonds. The topological polar surface area (TPSA) is 51.0 Å². The highest BCUT2D eigenvalue weighted by Gasteiger charge is 2.18. The lowest BCUT2D eigenvalue weighted by Gasteiger charge is -2.26. The summed E-state index contributed by atoms with van der Waals surface area (Å²) in [6, 6.07) is 9.56. The second-order valence-corrected chi connectivity index (χ2v) is 7.45. The number of nitrogens with zero attached hydrogens (tertiary/aromatic N) is 4. The summed E-state index contributed by atoms with van der Waals surface area (Å²) < 4.78 is 2.19. The van der Waals surface area contributed by atoms with Crippen LogP contribution in [0.15, 0.2) is 42.9 Å². The second kappa shape index (κ2) is 8.19.